The summed E-state index contributed by atoms with van der Waals surface area (Å²) in [5.41, 5.74) is 1.57. The van der Waals surface area contributed by atoms with Crippen molar-refractivity contribution in [1.29, 1.82) is 0 Å². The Labute approximate surface area is 129 Å². The van der Waals surface area contributed by atoms with Crippen molar-refractivity contribution in [3.63, 3.8) is 0 Å². The number of methoxy groups -OCH3 is 1. The second-order valence-electron chi connectivity index (χ2n) is 4.85. The number of aliphatic hydroxyl groups is 1. The molecule has 0 radical (unpaired) electrons. The molecule has 0 aliphatic rings. The molecule has 0 bridgehead atoms. The van der Waals surface area contributed by atoms with Crippen LogP contribution >= 0.6 is 0 Å². The minimum atomic E-state index is -0.552. The number of carbonyl (C=O) groups is 1. The fraction of sp³-hybridized carbons (Fsp3) is 0.375. The summed E-state index contributed by atoms with van der Waals surface area (Å²) in [6, 6.07) is 5.47. The number of para-hydroxylation sites is 1. The highest BCUT2D eigenvalue weighted by Crippen LogP contribution is 2.31. The molecule has 2 N–H and O–H groups in total. The maximum absolute atomic E-state index is 12.1. The number of benzene rings is 1. The molecule has 2 rings (SSSR count). The lowest BCUT2D eigenvalue weighted by atomic mass is 10.1. The Morgan fingerprint density at radius 1 is 1.45 bits per heavy atom. The van der Waals surface area contributed by atoms with E-state index in [9.17, 15) is 9.90 Å². The van der Waals surface area contributed by atoms with Crippen molar-refractivity contribution in [3.05, 3.63) is 30.0 Å². The van der Waals surface area contributed by atoms with Gasteiger partial charge in [-0.1, -0.05) is 12.1 Å². The lowest BCUT2D eigenvalue weighted by Crippen LogP contribution is -2.18. The van der Waals surface area contributed by atoms with E-state index in [1.54, 1.807) is 27.0 Å². The average molecular weight is 304 g/mol. The predicted molar refractivity (Wildman–Crippen MR) is 84.4 cm³/mol. The van der Waals surface area contributed by atoms with Gasteiger partial charge in [0.05, 0.1) is 25.5 Å². The molecule has 0 aliphatic carbocycles. The van der Waals surface area contributed by atoms with E-state index in [-0.39, 0.29) is 6.61 Å². The third-order valence-corrected chi connectivity index (χ3v) is 3.15. The summed E-state index contributed by atoms with van der Waals surface area (Å²) in [7, 11) is 1.57. The smallest absolute Gasteiger partial charge is 0.341 e. The van der Waals surface area contributed by atoms with E-state index in [4.69, 9.17) is 9.47 Å². The van der Waals surface area contributed by atoms with E-state index in [0.717, 1.165) is 5.39 Å². The van der Waals surface area contributed by atoms with Crippen LogP contribution in [0.5, 0.6) is 5.75 Å². The summed E-state index contributed by atoms with van der Waals surface area (Å²) in [5, 5.41) is 13.3. The van der Waals surface area contributed by atoms with Gasteiger partial charge in [0.15, 0.2) is 0 Å². The van der Waals surface area contributed by atoms with Crippen molar-refractivity contribution in [2.45, 2.75) is 20.0 Å². The van der Waals surface area contributed by atoms with Gasteiger partial charge in [0.2, 0.25) is 0 Å². The van der Waals surface area contributed by atoms with Gasteiger partial charge in [0, 0.05) is 18.1 Å². The normalized spacial score (nSPS) is 12.0. The van der Waals surface area contributed by atoms with Crippen molar-refractivity contribution in [3.8, 4) is 5.75 Å². The molecule has 1 aromatic carbocycles. The second kappa shape index (κ2) is 7.09. The number of fused-ring (bicyclic) bond motifs is 1. The van der Waals surface area contributed by atoms with Gasteiger partial charge in [0.1, 0.15) is 16.8 Å². The molecule has 6 heteroatoms. The topological polar surface area (TPSA) is 80.7 Å². The van der Waals surface area contributed by atoms with E-state index >= 15 is 0 Å². The summed E-state index contributed by atoms with van der Waals surface area (Å²) in [6.07, 6.45) is 0.914. The Balaban J connectivity index is 2.59. The van der Waals surface area contributed by atoms with Crippen molar-refractivity contribution >= 4 is 22.6 Å². The van der Waals surface area contributed by atoms with Crippen LogP contribution in [0.3, 0.4) is 0 Å². The molecule has 1 unspecified atom stereocenters. The molecule has 22 heavy (non-hydrogen) atoms. The number of pyridine rings is 1. The lowest BCUT2D eigenvalue weighted by molar-refractivity contribution is 0.0527. The Hall–Kier alpha value is -2.34. The number of rotatable bonds is 6. The summed E-state index contributed by atoms with van der Waals surface area (Å²) in [6.45, 7) is 4.01. The fourth-order valence-electron chi connectivity index (χ4n) is 2.16. The summed E-state index contributed by atoms with van der Waals surface area (Å²) < 4.78 is 10.4. The minimum absolute atomic E-state index is 0.283. The zero-order chi connectivity index (χ0) is 16.1. The van der Waals surface area contributed by atoms with Crippen LogP contribution in [0.1, 0.15) is 24.2 Å². The van der Waals surface area contributed by atoms with Crippen LogP contribution in [0.25, 0.3) is 10.9 Å². The number of nitrogens with one attached hydrogen (secondary N) is 1. The summed E-state index contributed by atoms with van der Waals surface area (Å²) >= 11 is 0. The van der Waals surface area contributed by atoms with Crippen LogP contribution in [0.15, 0.2) is 24.4 Å². The summed E-state index contributed by atoms with van der Waals surface area (Å²) in [4.78, 5) is 16.4. The molecule has 6 nitrogen and oxygen atoms in total. The molecule has 0 fully saturated rings. The Morgan fingerprint density at radius 2 is 2.23 bits per heavy atom. The van der Waals surface area contributed by atoms with E-state index in [1.165, 1.54) is 6.20 Å². The maximum atomic E-state index is 12.1. The molecule has 1 heterocycles. The quantitative estimate of drug-likeness (QED) is 0.796. The van der Waals surface area contributed by atoms with Crippen molar-refractivity contribution in [2.75, 3.05) is 25.6 Å². The van der Waals surface area contributed by atoms with Gasteiger partial charge in [-0.15, -0.1) is 0 Å². The van der Waals surface area contributed by atoms with Gasteiger partial charge >= 0.3 is 5.97 Å². The van der Waals surface area contributed by atoms with E-state index in [1.807, 2.05) is 12.1 Å². The van der Waals surface area contributed by atoms with E-state index in [0.29, 0.717) is 29.1 Å². The molecular weight excluding hydrogens is 284 g/mol. The minimum Gasteiger partial charge on any atom is -0.494 e. The van der Waals surface area contributed by atoms with Crippen LogP contribution in [0.2, 0.25) is 0 Å². The number of aromatic nitrogens is 1. The first kappa shape index (κ1) is 16.0. The van der Waals surface area contributed by atoms with E-state index in [2.05, 4.69) is 10.3 Å². The lowest BCUT2D eigenvalue weighted by Gasteiger charge is -2.16. The average Bonchev–Trinajstić information content (AvgIpc) is 2.51. The highest BCUT2D eigenvalue weighted by atomic mass is 16.5. The molecule has 2 aromatic rings. The van der Waals surface area contributed by atoms with Crippen molar-refractivity contribution in [2.24, 2.45) is 0 Å². The number of ether oxygens (including phenoxy) is 2. The number of carbonyl (C=O) groups excluding carboxylic acids is 1. The van der Waals surface area contributed by atoms with Crippen LogP contribution < -0.4 is 10.1 Å². The zero-order valence-electron chi connectivity index (χ0n) is 12.9. The first-order valence-corrected chi connectivity index (χ1v) is 7.13. The molecule has 118 valence electrons. The predicted octanol–water partition coefficient (Wildman–Crippen LogP) is 2.21. The maximum Gasteiger partial charge on any atom is 0.341 e. The number of hydrogen-bond acceptors (Lipinski definition) is 6. The first-order chi connectivity index (χ1) is 10.6. The molecule has 0 saturated carbocycles. The van der Waals surface area contributed by atoms with Gasteiger partial charge in [0.25, 0.3) is 0 Å². The Kier molecular flexibility index (Phi) is 5.16. The fourth-order valence-corrected chi connectivity index (χ4v) is 2.16. The van der Waals surface area contributed by atoms with Gasteiger partial charge < -0.3 is 19.9 Å². The van der Waals surface area contributed by atoms with Crippen LogP contribution in [0.4, 0.5) is 5.69 Å². The molecule has 1 atom stereocenters. The number of nitrogens with zero attached hydrogens (tertiary/aromatic N) is 1. The van der Waals surface area contributed by atoms with Crippen LogP contribution in [-0.4, -0.2) is 42.4 Å². The van der Waals surface area contributed by atoms with Crippen molar-refractivity contribution in [1.82, 2.24) is 4.98 Å². The highest BCUT2D eigenvalue weighted by Gasteiger charge is 2.18. The van der Waals surface area contributed by atoms with Crippen LogP contribution in [-0.2, 0) is 4.74 Å². The third-order valence-electron chi connectivity index (χ3n) is 3.15. The van der Waals surface area contributed by atoms with Gasteiger partial charge in [-0.25, -0.2) is 4.79 Å². The molecule has 0 aliphatic heterocycles. The molecular formula is C16H20N2O4. The summed E-state index contributed by atoms with van der Waals surface area (Å²) in [5.74, 6) is 0.167. The van der Waals surface area contributed by atoms with Gasteiger partial charge in [-0.05, 0) is 19.9 Å². The molecule has 0 spiro atoms. The number of anilines is 1. The molecule has 0 saturated heterocycles. The SMILES string of the molecule is CCOC(=O)c1cnc2c(OC)cccc2c1NCC(C)O. The van der Waals surface area contributed by atoms with E-state index < -0.39 is 12.1 Å². The zero-order valence-corrected chi connectivity index (χ0v) is 12.9. The number of esters is 1. The largest absolute Gasteiger partial charge is 0.494 e. The second-order valence-corrected chi connectivity index (χ2v) is 4.85. The number of aliphatic hydroxyl groups excluding tert-OH is 1. The first-order valence-electron chi connectivity index (χ1n) is 7.13. The Morgan fingerprint density at radius 3 is 2.86 bits per heavy atom. The molecule has 1 aromatic heterocycles. The Bertz CT molecular complexity index is 670. The highest BCUT2D eigenvalue weighted by molar-refractivity contribution is 6.06. The van der Waals surface area contributed by atoms with Crippen molar-refractivity contribution < 1.29 is 19.4 Å². The van der Waals surface area contributed by atoms with Crippen LogP contribution in [0, 0.1) is 0 Å². The standard InChI is InChI=1S/C16H20N2O4/c1-4-22-16(20)12-9-18-15-11(6-5-7-13(15)21-3)14(12)17-8-10(2)19/h5-7,9-10,19H,4,8H2,1-3H3,(H,17,18). The monoisotopic (exact) mass is 304 g/mol. The molecule has 0 amide bonds. The third kappa shape index (κ3) is 3.28. The van der Waals surface area contributed by atoms with Gasteiger partial charge in [-0.2, -0.15) is 0 Å². The number of hydrogen-bond donors (Lipinski definition) is 2. The van der Waals surface area contributed by atoms with Gasteiger partial charge in [-0.3, -0.25) is 4.98 Å².